The van der Waals surface area contributed by atoms with Crippen LogP contribution in [0.15, 0.2) is 49.2 Å². The Balaban J connectivity index is 2.32. The van der Waals surface area contributed by atoms with Crippen LogP contribution in [0.2, 0.25) is 0 Å². The van der Waals surface area contributed by atoms with E-state index >= 15 is 0 Å². The maximum Gasteiger partial charge on any atom is 0.306 e. The van der Waals surface area contributed by atoms with Gasteiger partial charge in [-0.25, -0.2) is 0 Å². The Morgan fingerprint density at radius 3 is 2.81 bits per heavy atom. The molecule has 21 heavy (non-hydrogen) atoms. The van der Waals surface area contributed by atoms with Crippen molar-refractivity contribution in [3.63, 3.8) is 0 Å². The van der Waals surface area contributed by atoms with Crippen LogP contribution in [0.3, 0.4) is 0 Å². The third-order valence-electron chi connectivity index (χ3n) is 3.21. The maximum atomic E-state index is 12.6. The van der Waals surface area contributed by atoms with Gasteiger partial charge in [0.2, 0.25) is 0 Å². The SMILES string of the molecule is C=CC(CC(=O)OCC)C(=O)c1cccc2cccnc12. The molecule has 0 saturated heterocycles. The number of pyridine rings is 1. The smallest absolute Gasteiger partial charge is 0.306 e. The standard InChI is InChI=1S/C17H17NO3/c1-3-12(11-15(19)21-4-2)17(20)14-9-5-7-13-8-6-10-18-16(13)14/h3,5-10,12H,1,4,11H2,2H3. The molecule has 1 unspecified atom stereocenters. The Labute approximate surface area is 123 Å². The first-order valence-corrected chi connectivity index (χ1v) is 6.83. The summed E-state index contributed by atoms with van der Waals surface area (Å²) in [7, 11) is 0. The summed E-state index contributed by atoms with van der Waals surface area (Å²) in [6.45, 7) is 5.68. The van der Waals surface area contributed by atoms with Crippen LogP contribution in [0.5, 0.6) is 0 Å². The van der Waals surface area contributed by atoms with E-state index in [1.807, 2.05) is 24.3 Å². The Morgan fingerprint density at radius 1 is 1.33 bits per heavy atom. The lowest BCUT2D eigenvalue weighted by atomic mass is 9.93. The van der Waals surface area contributed by atoms with E-state index in [0.717, 1.165) is 5.39 Å². The molecule has 2 aromatic rings. The lowest BCUT2D eigenvalue weighted by Gasteiger charge is -2.12. The van der Waals surface area contributed by atoms with E-state index in [1.54, 1.807) is 19.2 Å². The number of carbonyl (C=O) groups excluding carboxylic acids is 2. The normalized spacial score (nSPS) is 11.9. The second-order valence-electron chi connectivity index (χ2n) is 4.60. The molecule has 0 saturated carbocycles. The van der Waals surface area contributed by atoms with E-state index < -0.39 is 11.9 Å². The van der Waals surface area contributed by atoms with Crippen molar-refractivity contribution in [2.75, 3.05) is 6.61 Å². The van der Waals surface area contributed by atoms with Gasteiger partial charge in [0.1, 0.15) is 0 Å². The topological polar surface area (TPSA) is 56.3 Å². The third kappa shape index (κ3) is 3.34. The molecule has 0 aliphatic carbocycles. The van der Waals surface area contributed by atoms with E-state index in [1.165, 1.54) is 6.08 Å². The van der Waals surface area contributed by atoms with Gasteiger partial charge in [0.05, 0.1) is 24.5 Å². The Morgan fingerprint density at radius 2 is 2.10 bits per heavy atom. The summed E-state index contributed by atoms with van der Waals surface area (Å²) in [5, 5.41) is 0.891. The van der Waals surface area contributed by atoms with Crippen molar-refractivity contribution in [1.82, 2.24) is 4.98 Å². The molecule has 0 radical (unpaired) electrons. The van der Waals surface area contributed by atoms with Gasteiger partial charge in [0.25, 0.3) is 0 Å². The van der Waals surface area contributed by atoms with Crippen LogP contribution in [0.25, 0.3) is 10.9 Å². The molecular formula is C17H17NO3. The number of rotatable bonds is 6. The average Bonchev–Trinajstić information content (AvgIpc) is 2.51. The fraction of sp³-hybridized carbons (Fsp3) is 0.235. The number of esters is 1. The van der Waals surface area contributed by atoms with E-state index in [4.69, 9.17) is 4.74 Å². The van der Waals surface area contributed by atoms with Crippen molar-refractivity contribution in [3.05, 3.63) is 54.7 Å². The van der Waals surface area contributed by atoms with Crippen LogP contribution in [0, 0.1) is 5.92 Å². The van der Waals surface area contributed by atoms with Crippen LogP contribution in [0.4, 0.5) is 0 Å². The summed E-state index contributed by atoms with van der Waals surface area (Å²) < 4.78 is 4.89. The van der Waals surface area contributed by atoms with Crippen molar-refractivity contribution < 1.29 is 14.3 Å². The van der Waals surface area contributed by atoms with Crippen LogP contribution < -0.4 is 0 Å². The lowest BCUT2D eigenvalue weighted by molar-refractivity contribution is -0.143. The minimum Gasteiger partial charge on any atom is -0.466 e. The number of hydrogen-bond acceptors (Lipinski definition) is 4. The molecule has 0 bridgehead atoms. The quantitative estimate of drug-likeness (QED) is 0.464. The van der Waals surface area contributed by atoms with Gasteiger partial charge in [0.15, 0.2) is 5.78 Å². The first-order valence-electron chi connectivity index (χ1n) is 6.83. The molecular weight excluding hydrogens is 266 g/mol. The molecule has 0 fully saturated rings. The van der Waals surface area contributed by atoms with Crippen LogP contribution in [0.1, 0.15) is 23.7 Å². The van der Waals surface area contributed by atoms with Gasteiger partial charge in [-0.2, -0.15) is 0 Å². The highest BCUT2D eigenvalue weighted by Crippen LogP contribution is 2.21. The van der Waals surface area contributed by atoms with Gasteiger partial charge in [0, 0.05) is 17.1 Å². The second kappa shape index (κ2) is 6.79. The molecule has 0 N–H and O–H groups in total. The largest absolute Gasteiger partial charge is 0.466 e. The molecule has 4 nitrogen and oxygen atoms in total. The highest BCUT2D eigenvalue weighted by Gasteiger charge is 2.22. The number of fused-ring (bicyclic) bond motifs is 1. The molecule has 0 aliphatic heterocycles. The highest BCUT2D eigenvalue weighted by atomic mass is 16.5. The molecule has 4 heteroatoms. The van der Waals surface area contributed by atoms with Gasteiger partial charge in [-0.3, -0.25) is 14.6 Å². The summed E-state index contributed by atoms with van der Waals surface area (Å²) >= 11 is 0. The fourth-order valence-electron chi connectivity index (χ4n) is 2.19. The number of carbonyl (C=O) groups is 2. The summed E-state index contributed by atoms with van der Waals surface area (Å²) in [6, 6.07) is 9.14. The summed E-state index contributed by atoms with van der Waals surface area (Å²) in [5.74, 6) is -1.16. The van der Waals surface area contributed by atoms with Crippen molar-refractivity contribution in [3.8, 4) is 0 Å². The van der Waals surface area contributed by atoms with Gasteiger partial charge in [-0.15, -0.1) is 6.58 Å². The minimum absolute atomic E-state index is 0.000601. The molecule has 1 atom stereocenters. The van der Waals surface area contributed by atoms with E-state index in [9.17, 15) is 9.59 Å². The molecule has 1 heterocycles. The van der Waals surface area contributed by atoms with E-state index in [0.29, 0.717) is 17.7 Å². The zero-order chi connectivity index (χ0) is 15.2. The van der Waals surface area contributed by atoms with Crippen molar-refractivity contribution in [2.45, 2.75) is 13.3 Å². The Bertz CT molecular complexity index is 673. The van der Waals surface area contributed by atoms with Gasteiger partial charge in [-0.1, -0.05) is 24.3 Å². The molecule has 1 aromatic heterocycles. The third-order valence-corrected chi connectivity index (χ3v) is 3.21. The van der Waals surface area contributed by atoms with Crippen LogP contribution in [-0.4, -0.2) is 23.3 Å². The minimum atomic E-state index is -0.600. The molecule has 1 aromatic carbocycles. The zero-order valence-electron chi connectivity index (χ0n) is 11.9. The van der Waals surface area contributed by atoms with Crippen LogP contribution >= 0.6 is 0 Å². The number of ketones is 1. The van der Waals surface area contributed by atoms with E-state index in [-0.39, 0.29) is 12.2 Å². The number of allylic oxidation sites excluding steroid dienone is 1. The van der Waals surface area contributed by atoms with Gasteiger partial charge >= 0.3 is 5.97 Å². The molecule has 0 spiro atoms. The number of ether oxygens (including phenoxy) is 1. The molecule has 0 aliphatic rings. The summed E-state index contributed by atoms with van der Waals surface area (Å²) in [4.78, 5) is 28.4. The maximum absolute atomic E-state index is 12.6. The lowest BCUT2D eigenvalue weighted by Crippen LogP contribution is -2.18. The molecule has 2 rings (SSSR count). The Hall–Kier alpha value is -2.49. The van der Waals surface area contributed by atoms with Gasteiger partial charge in [-0.05, 0) is 19.1 Å². The predicted molar refractivity (Wildman–Crippen MR) is 81.0 cm³/mol. The molecule has 0 amide bonds. The number of benzene rings is 1. The zero-order valence-corrected chi connectivity index (χ0v) is 11.9. The van der Waals surface area contributed by atoms with E-state index in [2.05, 4.69) is 11.6 Å². The number of aromatic nitrogens is 1. The Kier molecular flexibility index (Phi) is 4.82. The first-order chi connectivity index (χ1) is 10.2. The molecule has 108 valence electrons. The predicted octanol–water partition coefficient (Wildman–Crippen LogP) is 3.17. The number of nitrogens with zero attached hydrogens (tertiary/aromatic N) is 1. The second-order valence-corrected chi connectivity index (χ2v) is 4.60. The van der Waals surface area contributed by atoms with Crippen molar-refractivity contribution >= 4 is 22.7 Å². The fourth-order valence-corrected chi connectivity index (χ4v) is 2.19. The number of hydrogen-bond donors (Lipinski definition) is 0. The highest BCUT2D eigenvalue weighted by molar-refractivity contribution is 6.09. The monoisotopic (exact) mass is 283 g/mol. The number of Topliss-reactive ketones (excluding diaryl/α,β-unsaturated/α-hetero) is 1. The van der Waals surface area contributed by atoms with Gasteiger partial charge < -0.3 is 4.74 Å². The van der Waals surface area contributed by atoms with Crippen molar-refractivity contribution in [2.24, 2.45) is 5.92 Å². The first kappa shape index (κ1) is 14.9. The summed E-state index contributed by atoms with van der Waals surface area (Å²) in [5.41, 5.74) is 1.14. The summed E-state index contributed by atoms with van der Waals surface area (Å²) in [6.07, 6.45) is 3.13. The van der Waals surface area contributed by atoms with Crippen molar-refractivity contribution in [1.29, 1.82) is 0 Å². The van der Waals surface area contributed by atoms with Crippen LogP contribution in [-0.2, 0) is 9.53 Å². The average molecular weight is 283 g/mol. The number of para-hydroxylation sites is 1.